The number of nitrogens with one attached hydrogen (secondary N) is 2. The van der Waals surface area contributed by atoms with Crippen molar-refractivity contribution in [3.05, 3.63) is 12.4 Å². The van der Waals surface area contributed by atoms with Gasteiger partial charge in [0.05, 0.1) is 17.9 Å². The maximum absolute atomic E-state index is 11.9. The lowest BCUT2D eigenvalue weighted by atomic mass is 10.0. The number of rotatable bonds is 3. The Kier molecular flexibility index (Phi) is 5.44. The molecule has 1 aliphatic rings. The van der Waals surface area contributed by atoms with E-state index in [0.717, 1.165) is 38.0 Å². The normalized spacial score (nSPS) is 19.5. The second-order valence-corrected chi connectivity index (χ2v) is 4.08. The highest BCUT2D eigenvalue weighted by molar-refractivity contribution is 5.94. The molecule has 1 aliphatic heterocycles. The van der Waals surface area contributed by atoms with Crippen molar-refractivity contribution in [3.8, 4) is 0 Å². The number of aromatic nitrogens is 2. The molecular formula is C11H19ClN4O. The second-order valence-electron chi connectivity index (χ2n) is 4.08. The lowest BCUT2D eigenvalue weighted by Gasteiger charge is -2.22. The van der Waals surface area contributed by atoms with E-state index in [9.17, 15) is 4.79 Å². The molecule has 6 heteroatoms. The Morgan fingerprint density at radius 1 is 1.65 bits per heavy atom. The average molecular weight is 259 g/mol. The average Bonchev–Trinajstić information content (AvgIpc) is 2.78. The molecular weight excluding hydrogens is 240 g/mol. The number of carbonyl (C=O) groups is 1. The van der Waals surface area contributed by atoms with Gasteiger partial charge in [-0.2, -0.15) is 5.10 Å². The zero-order chi connectivity index (χ0) is 11.4. The maximum Gasteiger partial charge on any atom is 0.241 e. The van der Waals surface area contributed by atoms with E-state index in [1.807, 2.05) is 13.1 Å². The summed E-state index contributed by atoms with van der Waals surface area (Å²) >= 11 is 0. The van der Waals surface area contributed by atoms with Crippen molar-refractivity contribution in [2.75, 3.05) is 11.9 Å². The molecule has 0 bridgehead atoms. The quantitative estimate of drug-likeness (QED) is 0.862. The fourth-order valence-corrected chi connectivity index (χ4v) is 1.91. The predicted molar refractivity (Wildman–Crippen MR) is 69.4 cm³/mol. The molecule has 0 aromatic carbocycles. The van der Waals surface area contributed by atoms with E-state index in [1.165, 1.54) is 0 Å². The lowest BCUT2D eigenvalue weighted by molar-refractivity contribution is -0.118. The highest BCUT2D eigenvalue weighted by Crippen LogP contribution is 2.10. The van der Waals surface area contributed by atoms with Gasteiger partial charge in [0.25, 0.3) is 0 Å². The summed E-state index contributed by atoms with van der Waals surface area (Å²) in [5.74, 6) is 0.0513. The van der Waals surface area contributed by atoms with E-state index in [4.69, 9.17) is 0 Å². The van der Waals surface area contributed by atoms with Crippen molar-refractivity contribution in [3.63, 3.8) is 0 Å². The zero-order valence-corrected chi connectivity index (χ0v) is 10.8. The molecule has 2 N–H and O–H groups in total. The standard InChI is InChI=1S/C11H18N4O.ClH/c1-2-15-8-9(7-13-15)14-11(16)10-5-3-4-6-12-10;/h7-8,10,12H,2-6H2,1H3,(H,14,16);1H/t10-;/m1./s1. The highest BCUT2D eigenvalue weighted by atomic mass is 35.5. The lowest BCUT2D eigenvalue weighted by Crippen LogP contribution is -2.43. The van der Waals surface area contributed by atoms with Crippen LogP contribution in [0.15, 0.2) is 12.4 Å². The van der Waals surface area contributed by atoms with Crippen LogP contribution in [0.3, 0.4) is 0 Å². The van der Waals surface area contributed by atoms with Crippen LogP contribution in [-0.4, -0.2) is 28.3 Å². The largest absolute Gasteiger partial charge is 0.322 e. The number of halogens is 1. The van der Waals surface area contributed by atoms with E-state index in [1.54, 1.807) is 10.9 Å². The Hall–Kier alpha value is -1.07. The number of anilines is 1. The molecule has 0 saturated carbocycles. The number of nitrogens with zero attached hydrogens (tertiary/aromatic N) is 2. The summed E-state index contributed by atoms with van der Waals surface area (Å²) in [6.45, 7) is 3.77. The molecule has 0 aliphatic carbocycles. The third kappa shape index (κ3) is 3.71. The number of piperidine rings is 1. The first-order chi connectivity index (χ1) is 7.79. The van der Waals surface area contributed by atoms with E-state index >= 15 is 0 Å². The summed E-state index contributed by atoms with van der Waals surface area (Å²) in [5.41, 5.74) is 0.777. The van der Waals surface area contributed by atoms with Gasteiger partial charge < -0.3 is 10.6 Å². The minimum absolute atomic E-state index is 0. The molecule has 1 aromatic heterocycles. The van der Waals surface area contributed by atoms with Crippen LogP contribution in [0.2, 0.25) is 0 Å². The van der Waals surface area contributed by atoms with Gasteiger partial charge in [-0.3, -0.25) is 9.48 Å². The van der Waals surface area contributed by atoms with Gasteiger partial charge in [-0.1, -0.05) is 6.42 Å². The Labute approximate surface area is 107 Å². The van der Waals surface area contributed by atoms with Crippen molar-refractivity contribution >= 4 is 24.0 Å². The van der Waals surface area contributed by atoms with Gasteiger partial charge in [0.2, 0.25) is 5.91 Å². The number of amides is 1. The van der Waals surface area contributed by atoms with Gasteiger partial charge >= 0.3 is 0 Å². The molecule has 0 spiro atoms. The predicted octanol–water partition coefficient (Wildman–Crippen LogP) is 1.41. The summed E-state index contributed by atoms with van der Waals surface area (Å²) in [7, 11) is 0. The Balaban J connectivity index is 0.00000144. The Morgan fingerprint density at radius 2 is 2.47 bits per heavy atom. The molecule has 2 rings (SSSR count). The van der Waals surface area contributed by atoms with Gasteiger partial charge in [-0.25, -0.2) is 0 Å². The topological polar surface area (TPSA) is 59.0 Å². The maximum atomic E-state index is 11.9. The molecule has 0 unspecified atom stereocenters. The molecule has 1 amide bonds. The van der Waals surface area contributed by atoms with Crippen LogP contribution in [0.4, 0.5) is 5.69 Å². The van der Waals surface area contributed by atoms with Gasteiger partial charge in [0, 0.05) is 12.7 Å². The van der Waals surface area contributed by atoms with E-state index in [2.05, 4.69) is 15.7 Å². The number of hydrogen-bond acceptors (Lipinski definition) is 3. The SMILES string of the molecule is CCn1cc(NC(=O)[C@H]2CCCCN2)cn1.Cl. The Bertz CT molecular complexity index is 360. The van der Waals surface area contributed by atoms with Crippen LogP contribution in [0, 0.1) is 0 Å². The molecule has 96 valence electrons. The molecule has 1 atom stereocenters. The number of aryl methyl sites for hydroxylation is 1. The van der Waals surface area contributed by atoms with Crippen molar-refractivity contribution < 1.29 is 4.79 Å². The molecule has 1 saturated heterocycles. The molecule has 2 heterocycles. The van der Waals surface area contributed by atoms with Gasteiger partial charge in [-0.05, 0) is 26.3 Å². The van der Waals surface area contributed by atoms with Gasteiger partial charge in [-0.15, -0.1) is 12.4 Å². The van der Waals surface area contributed by atoms with Crippen molar-refractivity contribution in [1.82, 2.24) is 15.1 Å². The van der Waals surface area contributed by atoms with Gasteiger partial charge in [0.15, 0.2) is 0 Å². The van der Waals surface area contributed by atoms with E-state index < -0.39 is 0 Å². The summed E-state index contributed by atoms with van der Waals surface area (Å²) in [6.07, 6.45) is 6.75. The highest BCUT2D eigenvalue weighted by Gasteiger charge is 2.20. The van der Waals surface area contributed by atoms with Crippen LogP contribution < -0.4 is 10.6 Å². The minimum Gasteiger partial charge on any atom is -0.322 e. The fourth-order valence-electron chi connectivity index (χ4n) is 1.91. The molecule has 1 aromatic rings. The summed E-state index contributed by atoms with van der Waals surface area (Å²) in [6, 6.07) is -0.0428. The molecule has 5 nitrogen and oxygen atoms in total. The third-order valence-electron chi connectivity index (χ3n) is 2.85. The molecule has 17 heavy (non-hydrogen) atoms. The minimum atomic E-state index is -0.0428. The number of carbonyl (C=O) groups excluding carboxylic acids is 1. The third-order valence-corrected chi connectivity index (χ3v) is 2.85. The van der Waals surface area contributed by atoms with Crippen molar-refractivity contribution in [1.29, 1.82) is 0 Å². The van der Waals surface area contributed by atoms with Crippen LogP contribution in [0.25, 0.3) is 0 Å². The van der Waals surface area contributed by atoms with Crippen LogP contribution in [0.5, 0.6) is 0 Å². The summed E-state index contributed by atoms with van der Waals surface area (Å²) in [5, 5.41) is 10.2. The van der Waals surface area contributed by atoms with Crippen molar-refractivity contribution in [2.24, 2.45) is 0 Å². The van der Waals surface area contributed by atoms with E-state index in [0.29, 0.717) is 0 Å². The fraction of sp³-hybridized carbons (Fsp3) is 0.636. The van der Waals surface area contributed by atoms with Crippen molar-refractivity contribution in [2.45, 2.75) is 38.8 Å². The summed E-state index contributed by atoms with van der Waals surface area (Å²) < 4.78 is 1.80. The van der Waals surface area contributed by atoms with Gasteiger partial charge in [0.1, 0.15) is 0 Å². The second kappa shape index (κ2) is 6.61. The molecule has 0 radical (unpaired) electrons. The first kappa shape index (κ1) is 14.0. The monoisotopic (exact) mass is 258 g/mol. The zero-order valence-electron chi connectivity index (χ0n) is 9.98. The summed E-state index contributed by atoms with van der Waals surface area (Å²) in [4.78, 5) is 11.9. The van der Waals surface area contributed by atoms with E-state index in [-0.39, 0.29) is 24.4 Å². The number of hydrogen-bond donors (Lipinski definition) is 2. The van der Waals surface area contributed by atoms with Crippen LogP contribution >= 0.6 is 12.4 Å². The first-order valence-corrected chi connectivity index (χ1v) is 5.86. The smallest absolute Gasteiger partial charge is 0.241 e. The Morgan fingerprint density at radius 3 is 3.06 bits per heavy atom. The van der Waals surface area contributed by atoms with Crippen LogP contribution in [-0.2, 0) is 11.3 Å². The first-order valence-electron chi connectivity index (χ1n) is 5.86. The van der Waals surface area contributed by atoms with Crippen LogP contribution in [0.1, 0.15) is 26.2 Å². The molecule has 1 fully saturated rings.